The van der Waals surface area contributed by atoms with Crippen molar-refractivity contribution >= 4 is 22.6 Å². The second-order valence-electron chi connectivity index (χ2n) is 3.40. The molecule has 2 nitrogen and oxygen atoms in total. The number of alkyl halides is 1. The number of hydrogen-bond donors (Lipinski definition) is 0. The molecule has 0 amide bonds. The summed E-state index contributed by atoms with van der Waals surface area (Å²) in [5.74, 6) is 0. The molecule has 0 aromatic rings. The molecule has 58 valence electrons. The average molecular weight is 252 g/mol. The van der Waals surface area contributed by atoms with Crippen LogP contribution in [0.2, 0.25) is 0 Å². The van der Waals surface area contributed by atoms with E-state index in [1.54, 1.807) is 0 Å². The van der Waals surface area contributed by atoms with Crippen LogP contribution in [0.15, 0.2) is 0 Å². The van der Waals surface area contributed by atoms with E-state index in [1.807, 2.05) is 0 Å². The lowest BCUT2D eigenvalue weighted by atomic mass is 9.89. The summed E-state index contributed by atoms with van der Waals surface area (Å²) in [5.41, 5.74) is 0. The first-order valence-corrected chi connectivity index (χ1v) is 5.34. The van der Waals surface area contributed by atoms with Crippen LogP contribution in [0.3, 0.4) is 0 Å². The molecule has 3 heteroatoms. The highest BCUT2D eigenvalue weighted by atomic mass is 127. The Morgan fingerprint density at radius 1 is 1.40 bits per heavy atom. The Morgan fingerprint density at radius 2 is 2.00 bits per heavy atom. The van der Waals surface area contributed by atoms with E-state index in [1.165, 1.54) is 24.1 Å². The smallest absolute Gasteiger partial charge is 0.0512 e. The number of piperidine rings is 1. The number of likely N-dealkylation sites (N-methyl/N-ethyl adjacent to an activating group) is 1. The Hall–Kier alpha value is 0.650. The monoisotopic (exact) mass is 252 g/mol. The molecule has 3 fully saturated rings. The topological polar surface area (TPSA) is 6.48 Å². The Kier molecular flexibility index (Phi) is 1.90. The van der Waals surface area contributed by atoms with Crippen LogP contribution in [0.4, 0.5) is 0 Å². The fourth-order valence-electron chi connectivity index (χ4n) is 2.09. The largest absolute Gasteiger partial charge is 0.303 e. The predicted molar refractivity (Wildman–Crippen MR) is 50.4 cm³/mol. The zero-order valence-corrected chi connectivity index (χ0v) is 8.41. The van der Waals surface area contributed by atoms with Crippen LogP contribution in [-0.4, -0.2) is 46.6 Å². The van der Waals surface area contributed by atoms with E-state index >= 15 is 0 Å². The van der Waals surface area contributed by atoms with Crippen molar-refractivity contribution in [3.05, 3.63) is 0 Å². The third kappa shape index (κ3) is 0.987. The van der Waals surface area contributed by atoms with Crippen LogP contribution in [0.25, 0.3) is 0 Å². The molecule has 3 aliphatic heterocycles. The van der Waals surface area contributed by atoms with Crippen LogP contribution >= 0.6 is 22.6 Å². The quantitative estimate of drug-likeness (QED) is 0.386. The van der Waals surface area contributed by atoms with Crippen LogP contribution in [-0.2, 0) is 0 Å². The Morgan fingerprint density at radius 3 is 2.50 bits per heavy atom. The highest BCUT2D eigenvalue weighted by Gasteiger charge is 2.42. The summed E-state index contributed by atoms with van der Waals surface area (Å²) >= 11 is 2.47. The van der Waals surface area contributed by atoms with Gasteiger partial charge in [0.25, 0.3) is 0 Å². The number of hydrogen-bond acceptors (Lipinski definition) is 2. The maximum absolute atomic E-state index is 2.61. The van der Waals surface area contributed by atoms with Crippen molar-refractivity contribution in [2.75, 3.05) is 24.7 Å². The SMILES string of the molecule is CN1CC2CC(C1)N2CI. The van der Waals surface area contributed by atoms with E-state index in [0.717, 1.165) is 12.1 Å². The minimum atomic E-state index is 0.889. The molecular formula is C7H13IN2. The molecule has 0 aromatic heterocycles. The molecule has 3 aliphatic rings. The highest BCUT2D eigenvalue weighted by Crippen LogP contribution is 2.31. The molecule has 2 bridgehead atoms. The fraction of sp³-hybridized carbons (Fsp3) is 1.00. The first-order valence-electron chi connectivity index (χ1n) is 3.81. The van der Waals surface area contributed by atoms with Crippen molar-refractivity contribution in [2.24, 2.45) is 0 Å². The van der Waals surface area contributed by atoms with Crippen LogP contribution in [0.5, 0.6) is 0 Å². The van der Waals surface area contributed by atoms with Crippen LogP contribution in [0.1, 0.15) is 6.42 Å². The predicted octanol–water partition coefficient (Wildman–Crippen LogP) is 0.767. The van der Waals surface area contributed by atoms with Gasteiger partial charge >= 0.3 is 0 Å². The molecule has 2 unspecified atom stereocenters. The van der Waals surface area contributed by atoms with Crippen LogP contribution in [0, 0.1) is 0 Å². The molecule has 0 N–H and O–H groups in total. The second-order valence-corrected chi connectivity index (χ2v) is 4.08. The lowest BCUT2D eigenvalue weighted by Crippen LogP contribution is -2.67. The van der Waals surface area contributed by atoms with Gasteiger partial charge in [-0.15, -0.1) is 0 Å². The molecule has 3 rings (SSSR count). The molecule has 0 spiro atoms. The zero-order chi connectivity index (χ0) is 7.14. The molecule has 3 saturated heterocycles. The second kappa shape index (κ2) is 2.60. The van der Waals surface area contributed by atoms with Crippen molar-refractivity contribution in [2.45, 2.75) is 18.5 Å². The Bertz CT molecular complexity index is 128. The minimum absolute atomic E-state index is 0.889. The van der Waals surface area contributed by atoms with Gasteiger partial charge in [-0.1, -0.05) is 22.6 Å². The number of piperazine rings is 1. The average Bonchev–Trinajstić information content (AvgIpc) is 1.87. The Labute approximate surface area is 75.7 Å². The third-order valence-corrected chi connectivity index (χ3v) is 3.45. The van der Waals surface area contributed by atoms with Crippen molar-refractivity contribution < 1.29 is 0 Å². The summed E-state index contributed by atoms with van der Waals surface area (Å²) in [6.07, 6.45) is 1.45. The molecule has 0 radical (unpaired) electrons. The summed E-state index contributed by atoms with van der Waals surface area (Å²) in [6.45, 7) is 2.58. The highest BCUT2D eigenvalue weighted by molar-refractivity contribution is 14.1. The van der Waals surface area contributed by atoms with Gasteiger partial charge in [0, 0.05) is 25.2 Å². The van der Waals surface area contributed by atoms with Crippen molar-refractivity contribution in [1.82, 2.24) is 9.80 Å². The standard InChI is InChI=1S/C7H13IN2/c1-9-3-6-2-7(4-9)10(6)5-8/h6-7H,2-5H2,1H3. The van der Waals surface area contributed by atoms with E-state index in [2.05, 4.69) is 39.4 Å². The molecule has 10 heavy (non-hydrogen) atoms. The van der Waals surface area contributed by atoms with Crippen molar-refractivity contribution in [3.8, 4) is 0 Å². The van der Waals surface area contributed by atoms with E-state index in [4.69, 9.17) is 0 Å². The van der Waals surface area contributed by atoms with Gasteiger partial charge in [-0.3, -0.25) is 4.90 Å². The first-order chi connectivity index (χ1) is 4.81. The van der Waals surface area contributed by atoms with Crippen molar-refractivity contribution in [3.63, 3.8) is 0 Å². The molecule has 0 aromatic carbocycles. The molecule has 0 aliphatic carbocycles. The Balaban J connectivity index is 1.96. The minimum Gasteiger partial charge on any atom is -0.303 e. The van der Waals surface area contributed by atoms with E-state index in [0.29, 0.717) is 0 Å². The maximum Gasteiger partial charge on any atom is 0.0512 e. The third-order valence-electron chi connectivity index (χ3n) is 2.67. The van der Waals surface area contributed by atoms with Crippen molar-refractivity contribution in [1.29, 1.82) is 0 Å². The molecule has 3 heterocycles. The van der Waals surface area contributed by atoms with Gasteiger partial charge in [-0.05, 0) is 13.5 Å². The van der Waals surface area contributed by atoms with E-state index < -0.39 is 0 Å². The summed E-state index contributed by atoms with van der Waals surface area (Å²) < 4.78 is 1.22. The maximum atomic E-state index is 2.61. The van der Waals surface area contributed by atoms with Gasteiger partial charge in [0.15, 0.2) is 0 Å². The molecular weight excluding hydrogens is 239 g/mol. The summed E-state index contributed by atoms with van der Waals surface area (Å²) in [6, 6.07) is 1.78. The lowest BCUT2D eigenvalue weighted by Gasteiger charge is -2.55. The van der Waals surface area contributed by atoms with Gasteiger partial charge < -0.3 is 4.90 Å². The number of halogens is 1. The number of nitrogens with zero attached hydrogens (tertiary/aromatic N) is 2. The summed E-state index contributed by atoms with van der Waals surface area (Å²) in [7, 11) is 2.23. The zero-order valence-electron chi connectivity index (χ0n) is 6.26. The van der Waals surface area contributed by atoms with Gasteiger partial charge in [-0.2, -0.15) is 0 Å². The van der Waals surface area contributed by atoms with Gasteiger partial charge in [0.1, 0.15) is 0 Å². The fourth-order valence-corrected chi connectivity index (χ4v) is 3.21. The van der Waals surface area contributed by atoms with E-state index in [9.17, 15) is 0 Å². The molecule has 2 atom stereocenters. The lowest BCUT2D eigenvalue weighted by molar-refractivity contribution is -0.0433. The summed E-state index contributed by atoms with van der Waals surface area (Å²) in [4.78, 5) is 5.06. The normalized spacial score (nSPS) is 41.4. The van der Waals surface area contributed by atoms with Gasteiger partial charge in [0.2, 0.25) is 0 Å². The molecule has 0 saturated carbocycles. The van der Waals surface area contributed by atoms with Gasteiger partial charge in [-0.25, -0.2) is 0 Å². The number of fused-ring (bicyclic) bond motifs is 2. The first kappa shape index (κ1) is 7.31. The van der Waals surface area contributed by atoms with E-state index in [-0.39, 0.29) is 0 Å². The summed E-state index contributed by atoms with van der Waals surface area (Å²) in [5, 5.41) is 0. The number of rotatable bonds is 1. The van der Waals surface area contributed by atoms with Gasteiger partial charge in [0.05, 0.1) is 4.55 Å². The van der Waals surface area contributed by atoms with Crippen LogP contribution < -0.4 is 0 Å².